The fourth-order valence-corrected chi connectivity index (χ4v) is 3.78. The summed E-state index contributed by atoms with van der Waals surface area (Å²) in [5.74, 6) is 0.0318. The molecule has 170 valence electrons. The minimum absolute atomic E-state index is 0.0196. The zero-order valence-electron chi connectivity index (χ0n) is 19.4. The number of carbonyl (C=O) groups excluding carboxylic acids is 2. The predicted octanol–water partition coefficient (Wildman–Crippen LogP) is 3.34. The van der Waals surface area contributed by atoms with Crippen LogP contribution in [0.2, 0.25) is 0 Å². The fraction of sp³-hybridized carbons (Fsp3) is 0.652. The quantitative estimate of drug-likeness (QED) is 0.372. The molecule has 3 rings (SSSR count). The van der Waals surface area contributed by atoms with E-state index in [0.29, 0.717) is 23.4 Å². The van der Waals surface area contributed by atoms with Crippen LogP contribution in [0.25, 0.3) is 0 Å². The molecule has 2 fully saturated rings. The van der Waals surface area contributed by atoms with Gasteiger partial charge >= 0.3 is 13.1 Å². The number of rotatable bonds is 7. The molecular formula is C23H33BO7. The normalized spacial score (nSPS) is 22.3. The van der Waals surface area contributed by atoms with Gasteiger partial charge in [-0.2, -0.15) is 0 Å². The van der Waals surface area contributed by atoms with Crippen molar-refractivity contribution >= 4 is 24.3 Å². The van der Waals surface area contributed by atoms with E-state index in [2.05, 4.69) is 4.74 Å². The number of carbonyl (C=O) groups is 2. The number of benzene rings is 1. The summed E-state index contributed by atoms with van der Waals surface area (Å²) in [6, 6.07) is 3.64. The van der Waals surface area contributed by atoms with Gasteiger partial charge in [-0.25, -0.2) is 0 Å². The number of esters is 1. The SMILES string of the molecule is COC(=O)CCC(=O)c1c(C)cc(OC2CCCCO2)cc1B1OC(C)(C)C(C)(C)O1. The molecule has 7 nitrogen and oxygen atoms in total. The van der Waals surface area contributed by atoms with Gasteiger partial charge in [0.05, 0.1) is 31.3 Å². The van der Waals surface area contributed by atoms with Gasteiger partial charge in [0.2, 0.25) is 0 Å². The monoisotopic (exact) mass is 432 g/mol. The Morgan fingerprint density at radius 3 is 2.35 bits per heavy atom. The van der Waals surface area contributed by atoms with E-state index < -0.39 is 24.3 Å². The second-order valence-corrected chi connectivity index (χ2v) is 9.21. The standard InChI is InChI=1S/C23H33BO7/c1-15-13-16(29-20-9-7-8-12-28-20)14-17(21(15)18(25)10-11-19(26)27-6)24-30-22(2,3)23(4,5)31-24/h13-14,20H,7-12H2,1-6H3. The molecule has 8 heteroatoms. The third kappa shape index (κ3) is 5.30. The largest absolute Gasteiger partial charge is 0.495 e. The Morgan fingerprint density at radius 2 is 1.77 bits per heavy atom. The van der Waals surface area contributed by atoms with Gasteiger partial charge in [0.15, 0.2) is 12.1 Å². The van der Waals surface area contributed by atoms with E-state index in [-0.39, 0.29) is 24.9 Å². The summed E-state index contributed by atoms with van der Waals surface area (Å²) in [4.78, 5) is 24.7. The summed E-state index contributed by atoms with van der Waals surface area (Å²) >= 11 is 0. The third-order valence-electron chi connectivity index (χ3n) is 6.31. The number of ketones is 1. The molecule has 1 aromatic rings. The smallest absolute Gasteiger partial charge is 0.469 e. The topological polar surface area (TPSA) is 80.3 Å². The summed E-state index contributed by atoms with van der Waals surface area (Å²) in [6.07, 6.45) is 2.67. The fourth-order valence-electron chi connectivity index (χ4n) is 3.78. The maximum atomic E-state index is 13.1. The third-order valence-corrected chi connectivity index (χ3v) is 6.31. The molecule has 0 bridgehead atoms. The first-order valence-electron chi connectivity index (χ1n) is 10.9. The molecular weight excluding hydrogens is 399 g/mol. The van der Waals surface area contributed by atoms with Crippen LogP contribution >= 0.6 is 0 Å². The van der Waals surface area contributed by atoms with E-state index in [4.69, 9.17) is 18.8 Å². The number of methoxy groups -OCH3 is 1. The van der Waals surface area contributed by atoms with Crippen LogP contribution in [0.3, 0.4) is 0 Å². The second-order valence-electron chi connectivity index (χ2n) is 9.21. The summed E-state index contributed by atoms with van der Waals surface area (Å²) < 4.78 is 28.9. The lowest BCUT2D eigenvalue weighted by Gasteiger charge is -2.32. The van der Waals surface area contributed by atoms with Crippen LogP contribution in [0.15, 0.2) is 12.1 Å². The van der Waals surface area contributed by atoms with Crippen molar-refractivity contribution < 1.29 is 33.1 Å². The molecule has 1 atom stereocenters. The molecule has 1 aromatic carbocycles. The first-order valence-corrected chi connectivity index (χ1v) is 10.9. The van der Waals surface area contributed by atoms with Gasteiger partial charge in [-0.1, -0.05) is 0 Å². The lowest BCUT2D eigenvalue weighted by Crippen LogP contribution is -2.41. The Hall–Kier alpha value is -1.90. The molecule has 0 saturated carbocycles. The van der Waals surface area contributed by atoms with Crippen molar-refractivity contribution in [2.75, 3.05) is 13.7 Å². The van der Waals surface area contributed by atoms with Gasteiger partial charge in [-0.3, -0.25) is 9.59 Å². The van der Waals surface area contributed by atoms with Crippen LogP contribution in [-0.4, -0.2) is 50.1 Å². The highest BCUT2D eigenvalue weighted by molar-refractivity contribution is 6.64. The van der Waals surface area contributed by atoms with Gasteiger partial charge in [0.25, 0.3) is 0 Å². The van der Waals surface area contributed by atoms with Crippen LogP contribution in [0.4, 0.5) is 0 Å². The minimum Gasteiger partial charge on any atom is -0.469 e. The molecule has 2 heterocycles. The molecule has 2 saturated heterocycles. The summed E-state index contributed by atoms with van der Waals surface area (Å²) in [5, 5.41) is 0. The summed E-state index contributed by atoms with van der Waals surface area (Å²) in [6.45, 7) is 10.4. The van der Waals surface area contributed by atoms with E-state index in [1.807, 2.05) is 40.7 Å². The van der Waals surface area contributed by atoms with Crippen LogP contribution in [0, 0.1) is 6.92 Å². The van der Waals surface area contributed by atoms with Crippen molar-refractivity contribution in [2.24, 2.45) is 0 Å². The highest BCUT2D eigenvalue weighted by Gasteiger charge is 2.52. The van der Waals surface area contributed by atoms with Crippen molar-refractivity contribution in [2.45, 2.75) is 84.2 Å². The van der Waals surface area contributed by atoms with E-state index in [9.17, 15) is 9.59 Å². The van der Waals surface area contributed by atoms with Crippen LogP contribution in [0.1, 0.15) is 75.7 Å². The Kier molecular flexibility index (Phi) is 7.13. The zero-order chi connectivity index (χ0) is 22.8. The van der Waals surface area contributed by atoms with Crippen LogP contribution in [0.5, 0.6) is 5.75 Å². The molecule has 0 amide bonds. The maximum absolute atomic E-state index is 13.1. The average Bonchev–Trinajstić information content (AvgIpc) is 2.93. The zero-order valence-corrected chi connectivity index (χ0v) is 19.4. The Morgan fingerprint density at radius 1 is 1.10 bits per heavy atom. The Balaban J connectivity index is 1.94. The van der Waals surface area contributed by atoms with Gasteiger partial charge in [0, 0.05) is 18.4 Å². The minimum atomic E-state index is -0.725. The molecule has 0 N–H and O–H groups in total. The van der Waals surface area contributed by atoms with Crippen molar-refractivity contribution in [3.05, 3.63) is 23.3 Å². The summed E-state index contributed by atoms with van der Waals surface area (Å²) in [7, 11) is 0.587. The van der Waals surface area contributed by atoms with Crippen molar-refractivity contribution in [1.82, 2.24) is 0 Å². The number of aryl methyl sites for hydroxylation is 1. The first kappa shape index (κ1) is 23.8. The lowest BCUT2D eigenvalue weighted by molar-refractivity contribution is -0.140. The molecule has 31 heavy (non-hydrogen) atoms. The molecule has 0 spiro atoms. The summed E-state index contributed by atoms with van der Waals surface area (Å²) in [5.41, 5.74) is 0.745. The lowest BCUT2D eigenvalue weighted by atomic mass is 9.73. The van der Waals surface area contributed by atoms with Crippen LogP contribution < -0.4 is 10.2 Å². The number of ether oxygens (including phenoxy) is 3. The number of hydrogen-bond donors (Lipinski definition) is 0. The van der Waals surface area contributed by atoms with Crippen LogP contribution in [-0.2, 0) is 23.6 Å². The second kappa shape index (κ2) is 9.31. The number of hydrogen-bond acceptors (Lipinski definition) is 7. The molecule has 2 aliphatic heterocycles. The highest BCUT2D eigenvalue weighted by Crippen LogP contribution is 2.37. The van der Waals surface area contributed by atoms with E-state index in [0.717, 1.165) is 24.8 Å². The highest BCUT2D eigenvalue weighted by atomic mass is 16.7. The van der Waals surface area contributed by atoms with E-state index in [1.54, 1.807) is 6.07 Å². The van der Waals surface area contributed by atoms with Gasteiger partial charge in [-0.05, 0) is 70.6 Å². The Labute approximate surface area is 184 Å². The van der Waals surface area contributed by atoms with Crippen molar-refractivity contribution in [3.63, 3.8) is 0 Å². The van der Waals surface area contributed by atoms with Crippen molar-refractivity contribution in [3.8, 4) is 5.75 Å². The molecule has 1 unspecified atom stereocenters. The van der Waals surface area contributed by atoms with Gasteiger partial charge < -0.3 is 23.5 Å². The number of Topliss-reactive ketones (excluding diaryl/α,β-unsaturated/α-hetero) is 1. The predicted molar refractivity (Wildman–Crippen MR) is 117 cm³/mol. The Bertz CT molecular complexity index is 811. The maximum Gasteiger partial charge on any atom is 0.495 e. The first-order chi connectivity index (χ1) is 14.5. The molecule has 2 aliphatic rings. The van der Waals surface area contributed by atoms with Gasteiger partial charge in [0.1, 0.15) is 5.75 Å². The average molecular weight is 432 g/mol. The molecule has 0 aromatic heterocycles. The van der Waals surface area contributed by atoms with E-state index >= 15 is 0 Å². The van der Waals surface area contributed by atoms with Gasteiger partial charge in [-0.15, -0.1) is 0 Å². The molecule has 0 aliphatic carbocycles. The van der Waals surface area contributed by atoms with Crippen molar-refractivity contribution in [1.29, 1.82) is 0 Å². The molecule has 0 radical (unpaired) electrons. The van der Waals surface area contributed by atoms with E-state index in [1.165, 1.54) is 7.11 Å².